The highest BCUT2D eigenvalue weighted by molar-refractivity contribution is 6.31. The highest BCUT2D eigenvalue weighted by atomic mass is 35.5. The quantitative estimate of drug-likeness (QED) is 0.213. The van der Waals surface area contributed by atoms with E-state index in [2.05, 4.69) is 15.6 Å². The van der Waals surface area contributed by atoms with E-state index in [1.165, 1.54) is 0 Å². The number of hydrogen-bond donors (Lipinski definition) is 5. The van der Waals surface area contributed by atoms with Crippen molar-refractivity contribution in [2.24, 2.45) is 16.5 Å². The molecule has 8 nitrogen and oxygen atoms in total. The maximum atomic E-state index is 11.9. The van der Waals surface area contributed by atoms with Crippen LogP contribution in [0, 0.1) is 0 Å². The molecule has 25 heavy (non-hydrogen) atoms. The second-order valence-electron chi connectivity index (χ2n) is 5.20. The van der Waals surface area contributed by atoms with Gasteiger partial charge in [-0.05, 0) is 5.56 Å². The van der Waals surface area contributed by atoms with Gasteiger partial charge in [-0.15, -0.1) is 23.2 Å². The standard InChI is InChI=1S/C15H21Cl2N5O3/c16-10(7-21-15(18)19)12(17)13(14(24)25)22-11(23)8-20-6-9-4-2-1-3-5-9/h1-5,10,12-13,20H,6-8H2,(H,22,23)(H,24,25)(H4,18,19,21)/t10?,12?,13-/m0/s1. The fourth-order valence-corrected chi connectivity index (χ4v) is 2.39. The van der Waals surface area contributed by atoms with Crippen molar-refractivity contribution in [1.29, 1.82) is 0 Å². The second kappa shape index (κ2) is 10.8. The molecule has 10 heteroatoms. The van der Waals surface area contributed by atoms with Crippen molar-refractivity contribution in [2.45, 2.75) is 23.3 Å². The number of nitrogens with two attached hydrogens (primary N) is 2. The van der Waals surface area contributed by atoms with Gasteiger partial charge in [0.15, 0.2) is 5.96 Å². The summed E-state index contributed by atoms with van der Waals surface area (Å²) in [4.78, 5) is 27.0. The van der Waals surface area contributed by atoms with Crippen LogP contribution in [-0.2, 0) is 16.1 Å². The SMILES string of the molecule is NC(N)=NCC(Cl)C(Cl)[C@H](NC(=O)CNCc1ccccc1)C(=O)O. The summed E-state index contributed by atoms with van der Waals surface area (Å²) in [5.74, 6) is -2.00. The topological polar surface area (TPSA) is 143 Å². The number of carboxylic acid groups (broad SMARTS) is 1. The highest BCUT2D eigenvalue weighted by Crippen LogP contribution is 2.15. The lowest BCUT2D eigenvalue weighted by Gasteiger charge is -2.22. The average molecular weight is 390 g/mol. The number of carboxylic acids is 1. The molecule has 0 aliphatic heterocycles. The first-order valence-corrected chi connectivity index (χ1v) is 8.29. The summed E-state index contributed by atoms with van der Waals surface area (Å²) in [6.07, 6.45) is 0. The molecule has 7 N–H and O–H groups in total. The first-order valence-electron chi connectivity index (χ1n) is 7.41. The van der Waals surface area contributed by atoms with E-state index in [0.29, 0.717) is 6.54 Å². The average Bonchev–Trinajstić information content (AvgIpc) is 2.57. The van der Waals surface area contributed by atoms with Gasteiger partial charge in [-0.2, -0.15) is 0 Å². The molecule has 0 saturated carbocycles. The summed E-state index contributed by atoms with van der Waals surface area (Å²) in [6.45, 7) is 0.339. The Kier molecular flexibility index (Phi) is 9.04. The third-order valence-electron chi connectivity index (χ3n) is 3.15. The minimum absolute atomic E-state index is 0.0655. The predicted octanol–water partition coefficient (Wildman–Crippen LogP) is -0.166. The minimum atomic E-state index is -1.37. The van der Waals surface area contributed by atoms with Crippen LogP contribution < -0.4 is 22.1 Å². The Bertz CT molecular complexity index is 596. The molecule has 1 aromatic rings. The molecule has 1 rings (SSSR count). The van der Waals surface area contributed by atoms with Crippen LogP contribution in [0.5, 0.6) is 0 Å². The lowest BCUT2D eigenvalue weighted by atomic mass is 10.1. The summed E-state index contributed by atoms with van der Waals surface area (Å²) in [7, 11) is 0. The third-order valence-corrected chi connectivity index (χ3v) is 4.25. The number of nitrogens with one attached hydrogen (secondary N) is 2. The first kappa shape index (κ1) is 21.0. The van der Waals surface area contributed by atoms with Gasteiger partial charge in [-0.25, -0.2) is 4.79 Å². The summed E-state index contributed by atoms with van der Waals surface area (Å²) < 4.78 is 0. The monoisotopic (exact) mass is 389 g/mol. The number of benzene rings is 1. The molecule has 0 saturated heterocycles. The zero-order valence-corrected chi connectivity index (χ0v) is 14.9. The van der Waals surface area contributed by atoms with Crippen molar-refractivity contribution in [3.05, 3.63) is 35.9 Å². The van der Waals surface area contributed by atoms with E-state index in [1.807, 2.05) is 30.3 Å². The van der Waals surface area contributed by atoms with Gasteiger partial charge < -0.3 is 27.2 Å². The zero-order chi connectivity index (χ0) is 18.8. The van der Waals surface area contributed by atoms with Gasteiger partial charge in [0.1, 0.15) is 6.04 Å². The number of guanidine groups is 1. The normalized spacial score (nSPS) is 14.2. The third kappa shape index (κ3) is 8.06. The van der Waals surface area contributed by atoms with Crippen LogP contribution in [-0.4, -0.2) is 52.8 Å². The van der Waals surface area contributed by atoms with Crippen molar-refractivity contribution >= 4 is 41.0 Å². The molecule has 1 amide bonds. The molecule has 2 unspecified atom stereocenters. The Morgan fingerprint density at radius 2 is 1.84 bits per heavy atom. The molecule has 0 aliphatic carbocycles. The Morgan fingerprint density at radius 3 is 2.40 bits per heavy atom. The van der Waals surface area contributed by atoms with Crippen LogP contribution >= 0.6 is 23.2 Å². The van der Waals surface area contributed by atoms with Crippen LogP contribution in [0.15, 0.2) is 35.3 Å². The van der Waals surface area contributed by atoms with Crippen molar-refractivity contribution in [1.82, 2.24) is 10.6 Å². The van der Waals surface area contributed by atoms with Gasteiger partial charge in [-0.3, -0.25) is 9.79 Å². The number of amides is 1. The first-order chi connectivity index (χ1) is 11.8. The number of aliphatic carboxylic acids is 1. The minimum Gasteiger partial charge on any atom is -0.480 e. The number of nitrogens with zero attached hydrogens (tertiary/aromatic N) is 1. The number of hydrogen-bond acceptors (Lipinski definition) is 4. The molecule has 0 bridgehead atoms. The van der Waals surface area contributed by atoms with Crippen LogP contribution in [0.2, 0.25) is 0 Å². The Morgan fingerprint density at radius 1 is 1.20 bits per heavy atom. The smallest absolute Gasteiger partial charge is 0.327 e. The molecule has 0 heterocycles. The summed E-state index contributed by atoms with van der Waals surface area (Å²) >= 11 is 12.1. The van der Waals surface area contributed by atoms with E-state index < -0.39 is 28.7 Å². The van der Waals surface area contributed by atoms with E-state index in [4.69, 9.17) is 34.7 Å². The van der Waals surface area contributed by atoms with Crippen molar-refractivity contribution in [3.8, 4) is 0 Å². The lowest BCUT2D eigenvalue weighted by molar-refractivity contribution is -0.141. The molecule has 0 fully saturated rings. The van der Waals surface area contributed by atoms with E-state index in [9.17, 15) is 14.7 Å². The van der Waals surface area contributed by atoms with Gasteiger partial charge in [-0.1, -0.05) is 30.3 Å². The van der Waals surface area contributed by atoms with Crippen molar-refractivity contribution < 1.29 is 14.7 Å². The Labute approximate surface area is 155 Å². The van der Waals surface area contributed by atoms with Crippen molar-refractivity contribution in [2.75, 3.05) is 13.1 Å². The second-order valence-corrected chi connectivity index (χ2v) is 6.26. The summed E-state index contributed by atoms with van der Waals surface area (Å²) in [6, 6.07) is 8.09. The zero-order valence-electron chi connectivity index (χ0n) is 13.4. The van der Waals surface area contributed by atoms with E-state index in [1.54, 1.807) is 0 Å². The molecular formula is C15H21Cl2N5O3. The lowest BCUT2D eigenvalue weighted by Crippen LogP contribution is -2.52. The number of alkyl halides is 2. The van der Waals surface area contributed by atoms with Gasteiger partial charge in [0.25, 0.3) is 0 Å². The molecule has 0 aromatic heterocycles. The van der Waals surface area contributed by atoms with Crippen LogP contribution in [0.25, 0.3) is 0 Å². The van der Waals surface area contributed by atoms with E-state index >= 15 is 0 Å². The molecule has 0 aliphatic rings. The van der Waals surface area contributed by atoms with Crippen LogP contribution in [0.4, 0.5) is 0 Å². The molecule has 1 aromatic carbocycles. The van der Waals surface area contributed by atoms with Crippen LogP contribution in [0.1, 0.15) is 5.56 Å². The molecule has 3 atom stereocenters. The van der Waals surface area contributed by atoms with Crippen LogP contribution in [0.3, 0.4) is 0 Å². The maximum absolute atomic E-state index is 11.9. The van der Waals surface area contributed by atoms with Gasteiger partial charge >= 0.3 is 5.97 Å². The predicted molar refractivity (Wildman–Crippen MR) is 97.7 cm³/mol. The van der Waals surface area contributed by atoms with Crippen molar-refractivity contribution in [3.63, 3.8) is 0 Å². The number of halogens is 2. The number of carbonyl (C=O) groups is 2. The van der Waals surface area contributed by atoms with Gasteiger partial charge in [0, 0.05) is 6.54 Å². The van der Waals surface area contributed by atoms with Gasteiger partial charge in [0.05, 0.1) is 23.8 Å². The van der Waals surface area contributed by atoms with E-state index in [0.717, 1.165) is 5.56 Å². The fourth-order valence-electron chi connectivity index (χ4n) is 1.92. The van der Waals surface area contributed by atoms with E-state index in [-0.39, 0.29) is 19.0 Å². The number of carbonyl (C=O) groups excluding carboxylic acids is 1. The molecule has 138 valence electrons. The Hall–Kier alpha value is -2.03. The molecular weight excluding hydrogens is 369 g/mol. The van der Waals surface area contributed by atoms with Gasteiger partial charge in [0.2, 0.25) is 5.91 Å². The summed E-state index contributed by atoms with van der Waals surface area (Å²) in [5, 5.41) is 12.5. The highest BCUT2D eigenvalue weighted by Gasteiger charge is 2.33. The Balaban J connectivity index is 2.51. The number of aliphatic imine (C=N–C) groups is 1. The number of rotatable bonds is 10. The molecule has 0 radical (unpaired) electrons. The largest absolute Gasteiger partial charge is 0.480 e. The summed E-state index contributed by atoms with van der Waals surface area (Å²) in [5.41, 5.74) is 11.4. The molecule has 0 spiro atoms. The fraction of sp³-hybridized carbons (Fsp3) is 0.400. The maximum Gasteiger partial charge on any atom is 0.327 e.